The molecular weight excluding hydrogens is 254 g/mol. The van der Waals surface area contributed by atoms with Crippen LogP contribution in [-0.2, 0) is 4.79 Å². The Morgan fingerprint density at radius 2 is 2.00 bits per heavy atom. The zero-order chi connectivity index (χ0) is 13.7. The van der Waals surface area contributed by atoms with Gasteiger partial charge >= 0.3 is 5.97 Å². The van der Waals surface area contributed by atoms with E-state index in [4.69, 9.17) is 9.52 Å². The monoisotopic (exact) mass is 271 g/mol. The quantitative estimate of drug-likeness (QED) is 0.804. The zero-order valence-electron chi connectivity index (χ0n) is 10.7. The van der Waals surface area contributed by atoms with Crippen LogP contribution >= 0.6 is 11.8 Å². The van der Waals surface area contributed by atoms with Crippen molar-refractivity contribution in [1.82, 2.24) is 4.90 Å². The lowest BCUT2D eigenvalue weighted by Gasteiger charge is -2.21. The molecule has 0 aromatic carbocycles. The lowest BCUT2D eigenvalue weighted by molar-refractivity contribution is -0.129. The van der Waals surface area contributed by atoms with Crippen LogP contribution in [0.5, 0.6) is 0 Å². The van der Waals surface area contributed by atoms with E-state index in [1.807, 2.05) is 13.8 Å². The minimum absolute atomic E-state index is 0.0262. The normalized spacial score (nSPS) is 12.2. The fourth-order valence-electron chi connectivity index (χ4n) is 1.52. The molecule has 1 aromatic rings. The number of carboxylic acids is 1. The minimum Gasteiger partial charge on any atom is -0.475 e. The first-order valence-electron chi connectivity index (χ1n) is 5.78. The smallest absolute Gasteiger partial charge is 0.371 e. The van der Waals surface area contributed by atoms with Gasteiger partial charge in [0.1, 0.15) is 0 Å². The number of thioether (sulfide) groups is 1. The van der Waals surface area contributed by atoms with Gasteiger partial charge in [0.05, 0.1) is 5.25 Å². The molecule has 0 spiro atoms. The van der Waals surface area contributed by atoms with Gasteiger partial charge in [0.15, 0.2) is 5.09 Å². The Hall–Kier alpha value is -1.43. The third-order valence-electron chi connectivity index (χ3n) is 2.51. The van der Waals surface area contributed by atoms with Crippen LogP contribution in [0.1, 0.15) is 31.3 Å². The Bertz CT molecular complexity index is 425. The Kier molecular flexibility index (Phi) is 5.27. The van der Waals surface area contributed by atoms with Crippen molar-refractivity contribution in [3.63, 3.8) is 0 Å². The average Bonchev–Trinajstić information content (AvgIpc) is 2.79. The molecule has 1 aromatic heterocycles. The highest BCUT2D eigenvalue weighted by Gasteiger charge is 2.21. The SMILES string of the molecule is CCN(CC)C(=O)C(C)Sc1ccc(C(=O)O)o1. The number of amides is 1. The van der Waals surface area contributed by atoms with Crippen molar-refractivity contribution < 1.29 is 19.1 Å². The fourth-order valence-corrected chi connectivity index (χ4v) is 2.40. The number of nitrogens with zero attached hydrogens (tertiary/aromatic N) is 1. The van der Waals surface area contributed by atoms with Crippen LogP contribution in [0.2, 0.25) is 0 Å². The highest BCUT2D eigenvalue weighted by molar-refractivity contribution is 8.00. The van der Waals surface area contributed by atoms with E-state index in [1.54, 1.807) is 17.9 Å². The Labute approximate surface area is 110 Å². The molecular formula is C12H17NO4S. The van der Waals surface area contributed by atoms with E-state index >= 15 is 0 Å². The van der Waals surface area contributed by atoms with Gasteiger partial charge in [0.25, 0.3) is 0 Å². The summed E-state index contributed by atoms with van der Waals surface area (Å²) in [5, 5.41) is 8.88. The van der Waals surface area contributed by atoms with Crippen molar-refractivity contribution in [3.8, 4) is 0 Å². The lowest BCUT2D eigenvalue weighted by Crippen LogP contribution is -2.36. The van der Waals surface area contributed by atoms with Crippen LogP contribution in [0.15, 0.2) is 21.6 Å². The van der Waals surface area contributed by atoms with Crippen molar-refractivity contribution in [2.24, 2.45) is 0 Å². The van der Waals surface area contributed by atoms with Gasteiger partial charge in [0.2, 0.25) is 11.7 Å². The number of carboxylic acid groups (broad SMARTS) is 1. The maximum atomic E-state index is 12.0. The van der Waals surface area contributed by atoms with Gasteiger partial charge < -0.3 is 14.4 Å². The van der Waals surface area contributed by atoms with E-state index in [-0.39, 0.29) is 16.9 Å². The second-order valence-corrected chi connectivity index (χ2v) is 5.04. The highest BCUT2D eigenvalue weighted by Crippen LogP contribution is 2.26. The maximum Gasteiger partial charge on any atom is 0.371 e. The Morgan fingerprint density at radius 3 is 2.44 bits per heavy atom. The zero-order valence-corrected chi connectivity index (χ0v) is 11.5. The van der Waals surface area contributed by atoms with Crippen LogP contribution in [0.3, 0.4) is 0 Å². The number of furan rings is 1. The standard InChI is InChI=1S/C12H17NO4S/c1-4-13(5-2)11(14)8(3)18-10-7-6-9(17-10)12(15)16/h6-8H,4-5H2,1-3H3,(H,15,16). The number of carbonyl (C=O) groups is 2. The van der Waals surface area contributed by atoms with Crippen LogP contribution in [0, 0.1) is 0 Å². The van der Waals surface area contributed by atoms with Gasteiger partial charge in [-0.1, -0.05) is 11.8 Å². The van der Waals surface area contributed by atoms with E-state index in [9.17, 15) is 9.59 Å². The molecule has 1 N–H and O–H groups in total. The molecule has 0 aliphatic heterocycles. The number of aromatic carboxylic acids is 1. The summed E-state index contributed by atoms with van der Waals surface area (Å²) in [5.41, 5.74) is 0. The largest absolute Gasteiger partial charge is 0.475 e. The molecule has 18 heavy (non-hydrogen) atoms. The molecule has 0 fully saturated rings. The van der Waals surface area contributed by atoms with Crippen molar-refractivity contribution in [2.45, 2.75) is 31.1 Å². The number of carbonyl (C=O) groups excluding carboxylic acids is 1. The van der Waals surface area contributed by atoms with Gasteiger partial charge in [-0.25, -0.2) is 4.79 Å². The Morgan fingerprint density at radius 1 is 1.39 bits per heavy atom. The van der Waals surface area contributed by atoms with Crippen LogP contribution in [-0.4, -0.2) is 40.2 Å². The van der Waals surface area contributed by atoms with Gasteiger partial charge in [-0.2, -0.15) is 0 Å². The second-order valence-electron chi connectivity index (χ2n) is 3.69. The van der Waals surface area contributed by atoms with Gasteiger partial charge in [-0.15, -0.1) is 0 Å². The number of hydrogen-bond acceptors (Lipinski definition) is 4. The van der Waals surface area contributed by atoms with Crippen LogP contribution in [0.4, 0.5) is 0 Å². The molecule has 100 valence electrons. The summed E-state index contributed by atoms with van der Waals surface area (Å²) >= 11 is 1.23. The van der Waals surface area contributed by atoms with E-state index in [2.05, 4.69) is 0 Å². The minimum atomic E-state index is -1.11. The van der Waals surface area contributed by atoms with Gasteiger partial charge in [0, 0.05) is 13.1 Å². The van der Waals surface area contributed by atoms with Crippen molar-refractivity contribution in [2.75, 3.05) is 13.1 Å². The summed E-state index contributed by atoms with van der Waals surface area (Å²) in [6, 6.07) is 2.96. The van der Waals surface area contributed by atoms with E-state index in [0.29, 0.717) is 18.2 Å². The first-order chi connectivity index (χ1) is 8.49. The average molecular weight is 271 g/mol. The predicted molar refractivity (Wildman–Crippen MR) is 68.9 cm³/mol. The van der Waals surface area contributed by atoms with Crippen molar-refractivity contribution >= 4 is 23.6 Å². The molecule has 0 aliphatic carbocycles. The maximum absolute atomic E-state index is 12.0. The molecule has 0 aliphatic rings. The Balaban J connectivity index is 2.65. The molecule has 1 atom stereocenters. The number of hydrogen-bond donors (Lipinski definition) is 1. The summed E-state index contributed by atoms with van der Waals surface area (Å²) in [4.78, 5) is 24.4. The first kappa shape index (κ1) is 14.6. The lowest BCUT2D eigenvalue weighted by atomic mass is 10.4. The van der Waals surface area contributed by atoms with Gasteiger partial charge in [-0.05, 0) is 32.9 Å². The molecule has 1 unspecified atom stereocenters. The second kappa shape index (κ2) is 6.49. The molecule has 0 bridgehead atoms. The molecule has 0 saturated carbocycles. The van der Waals surface area contributed by atoms with E-state index in [0.717, 1.165) is 0 Å². The molecule has 0 radical (unpaired) electrons. The van der Waals surface area contributed by atoms with Crippen molar-refractivity contribution in [3.05, 3.63) is 17.9 Å². The highest BCUT2D eigenvalue weighted by atomic mass is 32.2. The molecule has 1 rings (SSSR count). The molecule has 1 amide bonds. The summed E-state index contributed by atoms with van der Waals surface area (Å²) in [6.45, 7) is 6.97. The summed E-state index contributed by atoms with van der Waals surface area (Å²) in [7, 11) is 0. The number of rotatable bonds is 6. The molecule has 1 heterocycles. The predicted octanol–water partition coefficient (Wildman–Crippen LogP) is 2.33. The van der Waals surface area contributed by atoms with Crippen LogP contribution < -0.4 is 0 Å². The van der Waals surface area contributed by atoms with E-state index in [1.165, 1.54) is 17.8 Å². The topological polar surface area (TPSA) is 70.8 Å². The van der Waals surface area contributed by atoms with Gasteiger partial charge in [-0.3, -0.25) is 4.79 Å². The summed E-state index contributed by atoms with van der Waals surface area (Å²) in [5.74, 6) is -1.19. The van der Waals surface area contributed by atoms with Crippen molar-refractivity contribution in [1.29, 1.82) is 0 Å². The third kappa shape index (κ3) is 3.53. The first-order valence-corrected chi connectivity index (χ1v) is 6.66. The van der Waals surface area contributed by atoms with E-state index < -0.39 is 5.97 Å². The molecule has 6 heteroatoms. The molecule has 5 nitrogen and oxygen atoms in total. The summed E-state index contributed by atoms with van der Waals surface area (Å²) < 4.78 is 5.11. The fraction of sp³-hybridized carbons (Fsp3) is 0.500. The van der Waals surface area contributed by atoms with Crippen LogP contribution in [0.25, 0.3) is 0 Å². The molecule has 0 saturated heterocycles. The summed E-state index contributed by atoms with van der Waals surface area (Å²) in [6.07, 6.45) is 0. The third-order valence-corrected chi connectivity index (χ3v) is 3.51.